The van der Waals surface area contributed by atoms with E-state index in [2.05, 4.69) is 36.8 Å². The Morgan fingerprint density at radius 2 is 2.14 bits per heavy atom. The molecule has 0 fully saturated rings. The number of nitrogens with two attached hydrogens (primary N) is 2. The number of nitrogens with one attached hydrogen (secondary N) is 2. The van der Waals surface area contributed by atoms with Gasteiger partial charge in [0.25, 0.3) is 0 Å². The van der Waals surface area contributed by atoms with Gasteiger partial charge in [-0.1, -0.05) is 15.9 Å². The van der Waals surface area contributed by atoms with Gasteiger partial charge < -0.3 is 21.7 Å². The maximum absolute atomic E-state index is 12.9. The van der Waals surface area contributed by atoms with Gasteiger partial charge in [0.1, 0.15) is 18.0 Å². The summed E-state index contributed by atoms with van der Waals surface area (Å²) in [6.07, 6.45) is 1.49. The van der Waals surface area contributed by atoms with Gasteiger partial charge >= 0.3 is 0 Å². The van der Waals surface area contributed by atoms with Crippen molar-refractivity contribution in [3.63, 3.8) is 0 Å². The van der Waals surface area contributed by atoms with Crippen LogP contribution in [0.1, 0.15) is 25.1 Å². The molecule has 0 atom stereocenters. The van der Waals surface area contributed by atoms with Gasteiger partial charge in [0.05, 0.1) is 16.8 Å². The van der Waals surface area contributed by atoms with Crippen molar-refractivity contribution in [2.45, 2.75) is 19.3 Å². The highest BCUT2D eigenvalue weighted by Gasteiger charge is 2.46. The number of carbonyl (C=O) groups is 2. The van der Waals surface area contributed by atoms with Crippen LogP contribution in [0.2, 0.25) is 0 Å². The molecule has 11 heteroatoms. The number of phenols is 1. The number of aromatic hydroxyl groups is 1. The molecular formula is C18H20BrN7O3. The Labute approximate surface area is 175 Å². The lowest BCUT2D eigenvalue weighted by molar-refractivity contribution is -0.124. The summed E-state index contributed by atoms with van der Waals surface area (Å²) in [6, 6.07) is 6.46. The average molecular weight is 462 g/mol. The summed E-state index contributed by atoms with van der Waals surface area (Å²) >= 11 is 3.32. The summed E-state index contributed by atoms with van der Waals surface area (Å²) in [5.74, 6) is 9.86. The molecule has 1 aliphatic rings. The minimum Gasteiger partial charge on any atom is -0.506 e. The Kier molecular flexibility index (Phi) is 5.44. The normalized spacial score (nSPS) is 15.2. The summed E-state index contributed by atoms with van der Waals surface area (Å²) in [5, 5.41) is 16.6. The van der Waals surface area contributed by atoms with Crippen molar-refractivity contribution in [2.24, 2.45) is 16.8 Å². The van der Waals surface area contributed by atoms with Crippen molar-refractivity contribution >= 4 is 45.0 Å². The van der Waals surface area contributed by atoms with Crippen LogP contribution in [0.4, 0.5) is 11.4 Å². The number of pyridine rings is 1. The maximum atomic E-state index is 12.9. The van der Waals surface area contributed by atoms with Crippen LogP contribution in [0.5, 0.6) is 5.75 Å². The number of amides is 2. The highest BCUT2D eigenvalue weighted by atomic mass is 79.9. The van der Waals surface area contributed by atoms with Crippen LogP contribution in [0, 0.1) is 0 Å². The van der Waals surface area contributed by atoms with Crippen molar-refractivity contribution in [2.75, 3.05) is 16.8 Å². The lowest BCUT2D eigenvalue weighted by atomic mass is 9.86. The highest BCUT2D eigenvalue weighted by Crippen LogP contribution is 2.47. The van der Waals surface area contributed by atoms with Gasteiger partial charge in [0.15, 0.2) is 5.84 Å². The third-order valence-electron chi connectivity index (χ3n) is 4.65. The number of anilines is 2. The van der Waals surface area contributed by atoms with Crippen LogP contribution >= 0.6 is 15.9 Å². The second-order valence-corrected chi connectivity index (χ2v) is 7.82. The van der Waals surface area contributed by atoms with Gasteiger partial charge in [-0.15, -0.1) is 0 Å². The van der Waals surface area contributed by atoms with Gasteiger partial charge in [-0.3, -0.25) is 19.5 Å². The zero-order valence-electron chi connectivity index (χ0n) is 15.7. The summed E-state index contributed by atoms with van der Waals surface area (Å²) in [4.78, 5) is 31.0. The molecule has 0 saturated heterocycles. The fourth-order valence-electron chi connectivity index (χ4n) is 3.24. The Morgan fingerprint density at radius 3 is 2.79 bits per heavy atom. The summed E-state index contributed by atoms with van der Waals surface area (Å²) in [6.45, 7) is 3.19. The van der Waals surface area contributed by atoms with Crippen LogP contribution in [-0.2, 0) is 15.0 Å². The van der Waals surface area contributed by atoms with E-state index in [4.69, 9.17) is 11.7 Å². The van der Waals surface area contributed by atoms with Crippen LogP contribution in [-0.4, -0.2) is 34.3 Å². The molecule has 3 rings (SSSR count). The molecule has 0 aliphatic carbocycles. The van der Waals surface area contributed by atoms with Crippen molar-refractivity contribution in [3.05, 3.63) is 46.2 Å². The van der Waals surface area contributed by atoms with Crippen LogP contribution in [0.25, 0.3) is 0 Å². The minimum atomic E-state index is -0.890. The lowest BCUT2D eigenvalue weighted by Gasteiger charge is -2.20. The first-order valence-corrected chi connectivity index (χ1v) is 9.34. The molecule has 0 saturated carbocycles. The molecule has 0 spiro atoms. The lowest BCUT2D eigenvalue weighted by Crippen LogP contribution is -2.41. The fourth-order valence-corrected chi connectivity index (χ4v) is 3.69. The second kappa shape index (κ2) is 7.68. The molecule has 152 valence electrons. The van der Waals surface area contributed by atoms with Crippen LogP contribution < -0.4 is 27.3 Å². The summed E-state index contributed by atoms with van der Waals surface area (Å²) in [7, 11) is 0. The maximum Gasteiger partial charge on any atom is 0.244 e. The quantitative estimate of drug-likeness (QED) is 0.195. The van der Waals surface area contributed by atoms with E-state index in [9.17, 15) is 14.7 Å². The summed E-state index contributed by atoms with van der Waals surface area (Å²) < 4.78 is 0.642. The van der Waals surface area contributed by atoms with E-state index in [0.29, 0.717) is 21.4 Å². The van der Waals surface area contributed by atoms with Gasteiger partial charge in [0.2, 0.25) is 11.8 Å². The van der Waals surface area contributed by atoms with E-state index in [1.165, 1.54) is 17.2 Å². The third-order valence-corrected chi connectivity index (χ3v) is 5.11. The third kappa shape index (κ3) is 3.61. The molecule has 0 bridgehead atoms. The molecule has 1 aromatic carbocycles. The van der Waals surface area contributed by atoms with Gasteiger partial charge in [-0.05, 0) is 43.7 Å². The van der Waals surface area contributed by atoms with Gasteiger partial charge in [-0.25, -0.2) is 5.84 Å². The Bertz CT molecular complexity index is 1020. The predicted molar refractivity (Wildman–Crippen MR) is 112 cm³/mol. The molecule has 7 N–H and O–H groups in total. The topological polar surface area (TPSA) is 159 Å². The van der Waals surface area contributed by atoms with E-state index in [0.717, 1.165) is 0 Å². The number of hydrogen-bond acceptors (Lipinski definition) is 7. The number of nitrogens with zero attached hydrogens (tertiary/aromatic N) is 3. The molecule has 2 heterocycles. The SMILES string of the molecule is CC1(C)C(=O)N(CC(=O)Nc2cccnc2/C(=N/N)NN)c2c(O)cc(Br)cc21. The van der Waals surface area contributed by atoms with E-state index in [-0.39, 0.29) is 29.7 Å². The molecule has 10 nitrogen and oxygen atoms in total. The van der Waals surface area contributed by atoms with E-state index in [1.54, 1.807) is 32.0 Å². The zero-order chi connectivity index (χ0) is 21.3. The van der Waals surface area contributed by atoms with Crippen molar-refractivity contribution < 1.29 is 14.7 Å². The summed E-state index contributed by atoms with van der Waals surface area (Å²) in [5.41, 5.74) is 2.92. The number of fused-ring (bicyclic) bond motifs is 1. The van der Waals surface area contributed by atoms with Gasteiger partial charge in [0, 0.05) is 10.7 Å². The largest absolute Gasteiger partial charge is 0.506 e. The number of halogens is 1. The number of phenolic OH excluding ortho intramolecular Hbond substituents is 1. The number of carbonyl (C=O) groups excluding carboxylic acids is 2. The van der Waals surface area contributed by atoms with E-state index in [1.807, 2.05) is 0 Å². The van der Waals surface area contributed by atoms with E-state index < -0.39 is 11.3 Å². The molecule has 2 aromatic rings. The monoisotopic (exact) mass is 461 g/mol. The average Bonchev–Trinajstić information content (AvgIpc) is 2.85. The molecule has 0 radical (unpaired) electrons. The standard InChI is InChI=1S/C18H20BrN7O3/c1-18(2)10-6-9(19)7-12(27)15(10)26(17(18)29)8-13(28)23-11-4-3-5-22-14(11)16(24-20)25-21/h3-7,27H,8,20-21H2,1-2H3,(H,23,28)(H,24,25). The number of hydrazone groups is 1. The number of hydrogen-bond donors (Lipinski definition) is 5. The second-order valence-electron chi connectivity index (χ2n) is 6.91. The molecule has 2 amide bonds. The van der Waals surface area contributed by atoms with E-state index >= 15 is 0 Å². The van der Waals surface area contributed by atoms with Crippen molar-refractivity contribution in [1.29, 1.82) is 0 Å². The number of amidine groups is 1. The smallest absolute Gasteiger partial charge is 0.244 e. The molecule has 1 aromatic heterocycles. The zero-order valence-corrected chi connectivity index (χ0v) is 17.3. The minimum absolute atomic E-state index is 0.0760. The highest BCUT2D eigenvalue weighted by molar-refractivity contribution is 9.10. The Morgan fingerprint density at radius 1 is 1.41 bits per heavy atom. The van der Waals surface area contributed by atoms with Crippen molar-refractivity contribution in [3.8, 4) is 5.75 Å². The fraction of sp³-hybridized carbons (Fsp3) is 0.222. The number of rotatable bonds is 4. The molecular weight excluding hydrogens is 442 g/mol. The Balaban J connectivity index is 1.90. The molecule has 29 heavy (non-hydrogen) atoms. The van der Waals surface area contributed by atoms with Crippen LogP contribution in [0.3, 0.4) is 0 Å². The first-order valence-electron chi connectivity index (χ1n) is 8.55. The number of aromatic nitrogens is 1. The predicted octanol–water partition coefficient (Wildman–Crippen LogP) is 0.896. The number of hydrazine groups is 1. The first-order chi connectivity index (χ1) is 13.7. The van der Waals surface area contributed by atoms with Gasteiger partial charge in [-0.2, -0.15) is 5.10 Å². The molecule has 0 unspecified atom stereocenters. The first kappa shape index (κ1) is 20.6. The molecule has 1 aliphatic heterocycles. The van der Waals surface area contributed by atoms with Crippen LogP contribution in [0.15, 0.2) is 40.0 Å². The van der Waals surface area contributed by atoms with Crippen molar-refractivity contribution in [1.82, 2.24) is 10.4 Å². The Hall–Kier alpha value is -3.18. The number of benzene rings is 1.